The fourth-order valence-corrected chi connectivity index (χ4v) is 1.03. The van der Waals surface area contributed by atoms with Gasteiger partial charge >= 0.3 is 5.97 Å². The molecule has 0 N–H and O–H groups in total. The van der Waals surface area contributed by atoms with Crippen molar-refractivity contribution < 1.29 is 9.53 Å². The van der Waals surface area contributed by atoms with Crippen molar-refractivity contribution in [3.05, 3.63) is 24.0 Å². The van der Waals surface area contributed by atoms with E-state index in [-0.39, 0.29) is 5.97 Å². The van der Waals surface area contributed by atoms with Crippen LogP contribution in [0.5, 0.6) is 0 Å². The number of allylic oxidation sites excluding steroid dienone is 3. The van der Waals surface area contributed by atoms with E-state index in [4.69, 9.17) is 4.74 Å². The van der Waals surface area contributed by atoms with Crippen LogP contribution < -0.4 is 0 Å². The summed E-state index contributed by atoms with van der Waals surface area (Å²) in [4.78, 5) is 10.8. The highest BCUT2D eigenvalue weighted by atomic mass is 16.5. The van der Waals surface area contributed by atoms with Crippen molar-refractivity contribution in [2.45, 2.75) is 26.2 Å². The second-order valence-corrected chi connectivity index (χ2v) is 2.48. The molecule has 0 unspecified atom stereocenters. The number of carbonyl (C=O) groups is 1. The SMILES string of the molecule is CC=CC(=O)OC1=CCCC1. The van der Waals surface area contributed by atoms with Crippen molar-refractivity contribution >= 4 is 5.97 Å². The molecule has 0 amide bonds. The number of rotatable bonds is 2. The van der Waals surface area contributed by atoms with E-state index < -0.39 is 0 Å². The lowest BCUT2D eigenvalue weighted by Gasteiger charge is -1.99. The molecule has 1 aliphatic rings. The van der Waals surface area contributed by atoms with E-state index in [0.717, 1.165) is 25.0 Å². The smallest absolute Gasteiger partial charge is 0.335 e. The predicted molar refractivity (Wildman–Crippen MR) is 42.8 cm³/mol. The van der Waals surface area contributed by atoms with Crippen LogP contribution in [-0.4, -0.2) is 5.97 Å². The average molecular weight is 152 g/mol. The zero-order valence-electron chi connectivity index (χ0n) is 6.67. The number of ether oxygens (including phenoxy) is 1. The van der Waals surface area contributed by atoms with Gasteiger partial charge in [-0.25, -0.2) is 4.79 Å². The lowest BCUT2D eigenvalue weighted by molar-refractivity contribution is -0.133. The van der Waals surface area contributed by atoms with Gasteiger partial charge in [-0.15, -0.1) is 0 Å². The molecule has 0 spiro atoms. The van der Waals surface area contributed by atoms with Crippen LogP contribution in [-0.2, 0) is 9.53 Å². The van der Waals surface area contributed by atoms with Crippen LogP contribution in [0.3, 0.4) is 0 Å². The molecule has 0 aromatic rings. The Morgan fingerprint density at radius 3 is 3.09 bits per heavy atom. The molecule has 0 fully saturated rings. The van der Waals surface area contributed by atoms with Crippen LogP contribution in [0.15, 0.2) is 24.0 Å². The summed E-state index contributed by atoms with van der Waals surface area (Å²) in [7, 11) is 0. The molecule has 1 aliphatic carbocycles. The van der Waals surface area contributed by atoms with E-state index >= 15 is 0 Å². The Morgan fingerprint density at radius 1 is 1.73 bits per heavy atom. The maximum absolute atomic E-state index is 10.8. The monoisotopic (exact) mass is 152 g/mol. The van der Waals surface area contributed by atoms with E-state index in [0.29, 0.717) is 0 Å². The first-order valence-electron chi connectivity index (χ1n) is 3.86. The van der Waals surface area contributed by atoms with Crippen LogP contribution in [0, 0.1) is 0 Å². The molecule has 0 bridgehead atoms. The van der Waals surface area contributed by atoms with Crippen molar-refractivity contribution in [2.24, 2.45) is 0 Å². The van der Waals surface area contributed by atoms with Gasteiger partial charge in [0.1, 0.15) is 5.76 Å². The molecular weight excluding hydrogens is 140 g/mol. The summed E-state index contributed by atoms with van der Waals surface area (Å²) in [6.45, 7) is 1.80. The maximum Gasteiger partial charge on any atom is 0.335 e. The van der Waals surface area contributed by atoms with Gasteiger partial charge < -0.3 is 4.74 Å². The van der Waals surface area contributed by atoms with Gasteiger partial charge in [0, 0.05) is 12.5 Å². The standard InChI is InChI=1S/C9H12O2/c1-2-5-9(10)11-8-6-3-4-7-8/h2,5-6H,3-4,7H2,1H3. The Kier molecular flexibility index (Phi) is 2.90. The maximum atomic E-state index is 10.8. The first-order chi connectivity index (χ1) is 5.33. The minimum atomic E-state index is -0.263. The number of hydrogen-bond donors (Lipinski definition) is 0. The van der Waals surface area contributed by atoms with Gasteiger partial charge in [0.05, 0.1) is 0 Å². The summed E-state index contributed by atoms with van der Waals surface area (Å²) < 4.78 is 4.99. The third-order valence-corrected chi connectivity index (χ3v) is 1.53. The van der Waals surface area contributed by atoms with E-state index in [2.05, 4.69) is 0 Å². The second-order valence-electron chi connectivity index (χ2n) is 2.48. The predicted octanol–water partition coefficient (Wildman–Crippen LogP) is 2.17. The fraction of sp³-hybridized carbons (Fsp3) is 0.444. The summed E-state index contributed by atoms with van der Waals surface area (Å²) >= 11 is 0. The highest BCUT2D eigenvalue weighted by Crippen LogP contribution is 2.18. The summed E-state index contributed by atoms with van der Waals surface area (Å²) in [5, 5.41) is 0. The summed E-state index contributed by atoms with van der Waals surface area (Å²) in [5.41, 5.74) is 0. The summed E-state index contributed by atoms with van der Waals surface area (Å²) in [5.74, 6) is 0.564. The van der Waals surface area contributed by atoms with Gasteiger partial charge in [0.2, 0.25) is 0 Å². The molecule has 60 valence electrons. The van der Waals surface area contributed by atoms with Crippen molar-refractivity contribution in [1.82, 2.24) is 0 Å². The lowest BCUT2D eigenvalue weighted by Crippen LogP contribution is -1.98. The molecule has 0 radical (unpaired) electrons. The van der Waals surface area contributed by atoms with Crippen LogP contribution in [0.4, 0.5) is 0 Å². The fourth-order valence-electron chi connectivity index (χ4n) is 1.03. The molecular formula is C9H12O2. The van der Waals surface area contributed by atoms with Gasteiger partial charge in [0.15, 0.2) is 0 Å². The quantitative estimate of drug-likeness (QED) is 0.447. The topological polar surface area (TPSA) is 26.3 Å². The molecule has 0 aromatic heterocycles. The molecule has 0 saturated carbocycles. The highest BCUT2D eigenvalue weighted by molar-refractivity contribution is 5.82. The van der Waals surface area contributed by atoms with Crippen molar-refractivity contribution in [1.29, 1.82) is 0 Å². The van der Waals surface area contributed by atoms with Gasteiger partial charge in [-0.1, -0.05) is 6.08 Å². The second kappa shape index (κ2) is 3.96. The van der Waals surface area contributed by atoms with E-state index in [1.54, 1.807) is 13.0 Å². The van der Waals surface area contributed by atoms with Crippen LogP contribution in [0.2, 0.25) is 0 Å². The van der Waals surface area contributed by atoms with Crippen molar-refractivity contribution in [3.63, 3.8) is 0 Å². The molecule has 0 atom stereocenters. The lowest BCUT2D eigenvalue weighted by atomic mass is 10.4. The molecule has 1 rings (SSSR count). The third-order valence-electron chi connectivity index (χ3n) is 1.53. The van der Waals surface area contributed by atoms with Crippen LogP contribution >= 0.6 is 0 Å². The summed E-state index contributed by atoms with van der Waals surface area (Å²) in [6, 6.07) is 0. The van der Waals surface area contributed by atoms with Gasteiger partial charge in [-0.2, -0.15) is 0 Å². The molecule has 0 heterocycles. The first kappa shape index (κ1) is 8.05. The Bertz CT molecular complexity index is 202. The minimum Gasteiger partial charge on any atom is -0.428 e. The first-order valence-corrected chi connectivity index (χ1v) is 3.86. The van der Waals surface area contributed by atoms with E-state index in [9.17, 15) is 4.79 Å². The van der Waals surface area contributed by atoms with Gasteiger partial charge in [0.25, 0.3) is 0 Å². The minimum absolute atomic E-state index is 0.263. The van der Waals surface area contributed by atoms with Gasteiger partial charge in [-0.3, -0.25) is 0 Å². The largest absolute Gasteiger partial charge is 0.428 e. The Morgan fingerprint density at radius 2 is 2.55 bits per heavy atom. The molecule has 2 nitrogen and oxygen atoms in total. The zero-order chi connectivity index (χ0) is 8.10. The normalized spacial score (nSPS) is 17.0. The molecule has 0 aromatic carbocycles. The van der Waals surface area contributed by atoms with E-state index in [1.165, 1.54) is 6.08 Å². The molecule has 0 saturated heterocycles. The highest BCUT2D eigenvalue weighted by Gasteiger charge is 2.07. The van der Waals surface area contributed by atoms with Crippen LogP contribution in [0.25, 0.3) is 0 Å². The molecule has 2 heteroatoms. The number of esters is 1. The third kappa shape index (κ3) is 2.58. The zero-order valence-corrected chi connectivity index (χ0v) is 6.67. The molecule has 0 aliphatic heterocycles. The Balaban J connectivity index is 2.35. The Hall–Kier alpha value is -1.05. The number of hydrogen-bond acceptors (Lipinski definition) is 2. The molecule has 11 heavy (non-hydrogen) atoms. The summed E-state index contributed by atoms with van der Waals surface area (Å²) in [6.07, 6.45) is 8.14. The number of carbonyl (C=O) groups excluding carboxylic acids is 1. The Labute approximate surface area is 66.5 Å². The van der Waals surface area contributed by atoms with Crippen molar-refractivity contribution in [3.8, 4) is 0 Å². The average Bonchev–Trinajstić information content (AvgIpc) is 2.40. The van der Waals surface area contributed by atoms with Gasteiger partial charge in [-0.05, 0) is 25.8 Å². The van der Waals surface area contributed by atoms with Crippen LogP contribution in [0.1, 0.15) is 26.2 Å². The van der Waals surface area contributed by atoms with Crippen molar-refractivity contribution in [2.75, 3.05) is 0 Å². The van der Waals surface area contributed by atoms with E-state index in [1.807, 2.05) is 6.08 Å².